The zero-order valence-electron chi connectivity index (χ0n) is 13.7. The van der Waals surface area contributed by atoms with Crippen molar-refractivity contribution in [3.05, 3.63) is 11.7 Å². The van der Waals surface area contributed by atoms with Crippen LogP contribution in [0.25, 0.3) is 0 Å². The lowest BCUT2D eigenvalue weighted by atomic mass is 9.97. The third-order valence-corrected chi connectivity index (χ3v) is 3.60. The molecule has 0 atom stereocenters. The molecule has 2 rings (SSSR count). The number of nitrogens with one attached hydrogen (secondary N) is 1. The van der Waals surface area contributed by atoms with Gasteiger partial charge in [0, 0.05) is 27.1 Å². The molecule has 1 N–H and O–H groups in total. The molecule has 130 valence electrons. The summed E-state index contributed by atoms with van der Waals surface area (Å²) in [6, 6.07) is 0. The molecular weight excluding hydrogens is 413 g/mol. The number of likely N-dealkylation sites (tertiary alicyclic amines) is 1. The Hall–Kier alpha value is -1.39. The van der Waals surface area contributed by atoms with E-state index in [-0.39, 0.29) is 35.9 Å². The number of rotatable bonds is 4. The molecule has 1 aliphatic heterocycles. The molecule has 0 aliphatic carbocycles. The van der Waals surface area contributed by atoms with Gasteiger partial charge < -0.3 is 19.5 Å². The predicted molar refractivity (Wildman–Crippen MR) is 95.6 cm³/mol. The number of piperidine rings is 1. The van der Waals surface area contributed by atoms with Crippen LogP contribution in [0.15, 0.2) is 9.52 Å². The number of aromatic nitrogens is 2. The first-order valence-corrected chi connectivity index (χ1v) is 7.55. The first-order valence-electron chi connectivity index (χ1n) is 7.55. The van der Waals surface area contributed by atoms with Crippen molar-refractivity contribution in [3.8, 4) is 0 Å². The number of esters is 1. The summed E-state index contributed by atoms with van der Waals surface area (Å²) in [5.41, 5.74) is 0. The largest absolute Gasteiger partial charge is 0.466 e. The van der Waals surface area contributed by atoms with Gasteiger partial charge in [-0.1, -0.05) is 5.16 Å². The second-order valence-electron chi connectivity index (χ2n) is 5.14. The molecular formula is C14H24IN5O3. The molecule has 23 heavy (non-hydrogen) atoms. The second-order valence-corrected chi connectivity index (χ2v) is 5.14. The van der Waals surface area contributed by atoms with Crippen LogP contribution in [-0.2, 0) is 16.1 Å². The van der Waals surface area contributed by atoms with Crippen LogP contribution in [0.5, 0.6) is 0 Å². The average Bonchev–Trinajstić information content (AvgIpc) is 2.94. The molecule has 9 heteroatoms. The minimum atomic E-state index is -0.0904. The standard InChI is InChI=1S/C14H23N5O3.HI/c1-4-21-13(20)11-5-7-19(8-6-11)14(15-3)16-9-12-17-10(2)22-18-12;/h11H,4-9H2,1-3H3,(H,15,16);1H. The number of aryl methyl sites for hydroxylation is 1. The van der Waals surface area contributed by atoms with Crippen molar-refractivity contribution in [2.75, 3.05) is 26.7 Å². The number of carbonyl (C=O) groups is 1. The zero-order valence-corrected chi connectivity index (χ0v) is 16.1. The van der Waals surface area contributed by atoms with Crippen molar-refractivity contribution in [1.82, 2.24) is 20.4 Å². The Morgan fingerprint density at radius 2 is 2.17 bits per heavy atom. The Balaban J connectivity index is 0.00000264. The second kappa shape index (κ2) is 9.68. The van der Waals surface area contributed by atoms with Crippen molar-refractivity contribution in [1.29, 1.82) is 0 Å². The Labute approximate surface area is 153 Å². The molecule has 0 amide bonds. The highest BCUT2D eigenvalue weighted by atomic mass is 127. The van der Waals surface area contributed by atoms with E-state index in [0.717, 1.165) is 31.9 Å². The molecule has 0 radical (unpaired) electrons. The van der Waals surface area contributed by atoms with Crippen LogP contribution in [0.4, 0.5) is 0 Å². The van der Waals surface area contributed by atoms with Gasteiger partial charge in [0.25, 0.3) is 0 Å². The molecule has 1 aromatic heterocycles. The van der Waals surface area contributed by atoms with E-state index in [1.807, 2.05) is 6.92 Å². The lowest BCUT2D eigenvalue weighted by Gasteiger charge is -2.33. The number of hydrogen-bond donors (Lipinski definition) is 1. The van der Waals surface area contributed by atoms with Gasteiger partial charge in [0.2, 0.25) is 5.89 Å². The lowest BCUT2D eigenvalue weighted by Crippen LogP contribution is -2.46. The van der Waals surface area contributed by atoms with Crippen LogP contribution in [-0.4, -0.2) is 53.7 Å². The fraction of sp³-hybridized carbons (Fsp3) is 0.714. The molecule has 1 saturated heterocycles. The average molecular weight is 437 g/mol. The zero-order chi connectivity index (χ0) is 15.9. The van der Waals surface area contributed by atoms with Crippen molar-refractivity contribution >= 4 is 35.9 Å². The Morgan fingerprint density at radius 1 is 1.48 bits per heavy atom. The van der Waals surface area contributed by atoms with Crippen molar-refractivity contribution < 1.29 is 14.1 Å². The summed E-state index contributed by atoms with van der Waals surface area (Å²) in [5, 5.41) is 7.05. The van der Waals surface area contributed by atoms with E-state index in [9.17, 15) is 4.79 Å². The van der Waals surface area contributed by atoms with Gasteiger partial charge in [-0.25, -0.2) is 0 Å². The number of hydrogen-bond acceptors (Lipinski definition) is 6. The number of guanidine groups is 1. The van der Waals surface area contributed by atoms with E-state index < -0.39 is 0 Å². The minimum Gasteiger partial charge on any atom is -0.466 e. The number of aliphatic imine (C=N–C) groups is 1. The summed E-state index contributed by atoms with van der Waals surface area (Å²) in [5.74, 6) is 1.83. The maximum Gasteiger partial charge on any atom is 0.309 e. The Morgan fingerprint density at radius 3 is 2.70 bits per heavy atom. The van der Waals surface area contributed by atoms with E-state index in [2.05, 4.69) is 25.3 Å². The van der Waals surface area contributed by atoms with Crippen LogP contribution >= 0.6 is 24.0 Å². The smallest absolute Gasteiger partial charge is 0.309 e. The van der Waals surface area contributed by atoms with Crippen LogP contribution in [0, 0.1) is 12.8 Å². The molecule has 1 aromatic rings. The molecule has 2 heterocycles. The molecule has 8 nitrogen and oxygen atoms in total. The van der Waals surface area contributed by atoms with E-state index in [1.54, 1.807) is 14.0 Å². The highest BCUT2D eigenvalue weighted by molar-refractivity contribution is 14.0. The maximum atomic E-state index is 11.7. The number of nitrogens with zero attached hydrogens (tertiary/aromatic N) is 4. The molecule has 1 fully saturated rings. The monoisotopic (exact) mass is 437 g/mol. The summed E-state index contributed by atoms with van der Waals surface area (Å²) in [4.78, 5) is 22.3. The van der Waals surface area contributed by atoms with Crippen LogP contribution < -0.4 is 5.32 Å². The Kier molecular flexibility index (Phi) is 8.28. The van der Waals surface area contributed by atoms with E-state index in [0.29, 0.717) is 24.9 Å². The number of ether oxygens (including phenoxy) is 1. The first kappa shape index (κ1) is 19.7. The van der Waals surface area contributed by atoms with Gasteiger partial charge in [0.15, 0.2) is 11.8 Å². The summed E-state index contributed by atoms with van der Waals surface area (Å²) in [7, 11) is 1.74. The molecule has 0 saturated carbocycles. The summed E-state index contributed by atoms with van der Waals surface area (Å²) < 4.78 is 10.0. The third-order valence-electron chi connectivity index (χ3n) is 3.60. The van der Waals surface area contributed by atoms with E-state index in [4.69, 9.17) is 9.26 Å². The lowest BCUT2D eigenvalue weighted by molar-refractivity contribution is -0.149. The van der Waals surface area contributed by atoms with Crippen LogP contribution in [0.3, 0.4) is 0 Å². The molecule has 0 spiro atoms. The highest BCUT2D eigenvalue weighted by Gasteiger charge is 2.27. The Bertz CT molecular complexity index is 526. The molecule has 0 unspecified atom stereocenters. The van der Waals surface area contributed by atoms with Gasteiger partial charge in [0.05, 0.1) is 19.1 Å². The van der Waals surface area contributed by atoms with E-state index >= 15 is 0 Å². The summed E-state index contributed by atoms with van der Waals surface area (Å²) >= 11 is 0. The van der Waals surface area contributed by atoms with Crippen molar-refractivity contribution in [3.63, 3.8) is 0 Å². The fourth-order valence-electron chi connectivity index (χ4n) is 2.49. The normalized spacial score (nSPS) is 16.0. The van der Waals surface area contributed by atoms with Crippen molar-refractivity contribution in [2.45, 2.75) is 33.2 Å². The van der Waals surface area contributed by atoms with Gasteiger partial charge in [-0.05, 0) is 19.8 Å². The van der Waals surface area contributed by atoms with Gasteiger partial charge in [-0.3, -0.25) is 9.79 Å². The predicted octanol–water partition coefficient (Wildman–Crippen LogP) is 1.35. The first-order chi connectivity index (χ1) is 10.6. The fourth-order valence-corrected chi connectivity index (χ4v) is 2.49. The van der Waals surface area contributed by atoms with Gasteiger partial charge in [-0.2, -0.15) is 4.98 Å². The summed E-state index contributed by atoms with van der Waals surface area (Å²) in [6.45, 7) is 6.03. The van der Waals surface area contributed by atoms with Gasteiger partial charge in [0.1, 0.15) is 0 Å². The molecule has 0 bridgehead atoms. The quantitative estimate of drug-likeness (QED) is 0.329. The van der Waals surface area contributed by atoms with Gasteiger partial charge in [-0.15, -0.1) is 24.0 Å². The molecule has 0 aromatic carbocycles. The van der Waals surface area contributed by atoms with Gasteiger partial charge >= 0.3 is 5.97 Å². The van der Waals surface area contributed by atoms with Crippen LogP contribution in [0.2, 0.25) is 0 Å². The topological polar surface area (TPSA) is 92.8 Å². The maximum absolute atomic E-state index is 11.7. The van der Waals surface area contributed by atoms with E-state index in [1.165, 1.54) is 0 Å². The van der Waals surface area contributed by atoms with Crippen molar-refractivity contribution in [2.24, 2.45) is 10.9 Å². The number of carbonyl (C=O) groups excluding carboxylic acids is 1. The minimum absolute atomic E-state index is 0. The number of halogens is 1. The molecule has 1 aliphatic rings. The SMILES string of the molecule is CCOC(=O)C1CCN(C(=NC)NCc2noc(C)n2)CC1.I. The summed E-state index contributed by atoms with van der Waals surface area (Å²) in [6.07, 6.45) is 1.56. The van der Waals surface area contributed by atoms with Crippen LogP contribution in [0.1, 0.15) is 31.5 Å². The third kappa shape index (κ3) is 5.63. The highest BCUT2D eigenvalue weighted by Crippen LogP contribution is 2.18.